The second kappa shape index (κ2) is 15.2. The number of hydrogen-bond acceptors (Lipinski definition) is 7. The Morgan fingerprint density at radius 3 is 2.31 bits per heavy atom. The standard InChI is InChI=1S/C35H32FN5O5S.ClH/c1-45-31-15-12-28(13-16-31)39-47(43,44)33-23-29(14-17-32(33)40-19-21-46-22-20-40)37-34(42)18-9-26-24-41(30-5-3-2-4-6-30)38-35(26)25-7-10-27(36)11-8-25;/h2-18,23-24,39H,19-22H2,1H3,(H,37,42);1H/p-1/b18-9+;. The molecule has 6 rings (SSSR count). The minimum Gasteiger partial charge on any atom is -1.00 e. The molecule has 0 unspecified atom stereocenters. The molecule has 48 heavy (non-hydrogen) atoms. The molecule has 0 saturated carbocycles. The van der Waals surface area contributed by atoms with Gasteiger partial charge in [0.25, 0.3) is 10.0 Å². The van der Waals surface area contributed by atoms with E-state index in [1.54, 1.807) is 65.5 Å². The highest BCUT2D eigenvalue weighted by molar-refractivity contribution is 7.92. The predicted molar refractivity (Wildman–Crippen MR) is 180 cm³/mol. The normalized spacial score (nSPS) is 13.2. The van der Waals surface area contributed by atoms with Gasteiger partial charge in [-0.25, -0.2) is 17.5 Å². The largest absolute Gasteiger partial charge is 1.00 e. The van der Waals surface area contributed by atoms with Crippen LogP contribution in [0.5, 0.6) is 5.75 Å². The number of nitrogens with one attached hydrogen (secondary N) is 2. The van der Waals surface area contributed by atoms with Crippen LogP contribution in [-0.4, -0.2) is 57.5 Å². The van der Waals surface area contributed by atoms with E-state index in [-0.39, 0.29) is 23.1 Å². The van der Waals surface area contributed by atoms with Gasteiger partial charge in [0.05, 0.1) is 37.4 Å². The summed E-state index contributed by atoms with van der Waals surface area (Å²) in [6.07, 6.45) is 4.74. The Bertz CT molecular complexity index is 2000. The first-order chi connectivity index (χ1) is 22.8. The van der Waals surface area contributed by atoms with Gasteiger partial charge in [-0.1, -0.05) is 18.2 Å². The van der Waals surface area contributed by atoms with Crippen LogP contribution < -0.4 is 32.1 Å². The van der Waals surface area contributed by atoms with Crippen LogP contribution in [0.25, 0.3) is 23.0 Å². The van der Waals surface area contributed by atoms with E-state index in [1.165, 1.54) is 31.4 Å². The van der Waals surface area contributed by atoms with Crippen LogP contribution in [0.4, 0.5) is 21.5 Å². The molecule has 1 saturated heterocycles. The summed E-state index contributed by atoms with van der Waals surface area (Å²) >= 11 is 0. The highest BCUT2D eigenvalue weighted by Crippen LogP contribution is 2.31. The number of hydrogen-bond donors (Lipinski definition) is 2. The maximum absolute atomic E-state index is 13.7. The van der Waals surface area contributed by atoms with Gasteiger partial charge >= 0.3 is 0 Å². The van der Waals surface area contributed by atoms with Gasteiger partial charge in [-0.15, -0.1) is 0 Å². The first-order valence-electron chi connectivity index (χ1n) is 14.8. The minimum absolute atomic E-state index is 0. The number of morpholine rings is 1. The highest BCUT2D eigenvalue weighted by Gasteiger charge is 2.25. The average Bonchev–Trinajstić information content (AvgIpc) is 3.53. The number of ether oxygens (including phenoxy) is 2. The Balaban J connectivity index is 0.00000451. The summed E-state index contributed by atoms with van der Waals surface area (Å²) in [5.74, 6) is -0.252. The molecule has 2 N–H and O–H groups in total. The number of carbonyl (C=O) groups excluding carboxylic acids is 1. The second-order valence-corrected chi connectivity index (χ2v) is 12.3. The Morgan fingerprint density at radius 1 is 0.938 bits per heavy atom. The van der Waals surface area contributed by atoms with E-state index in [2.05, 4.69) is 10.0 Å². The first-order valence-corrected chi connectivity index (χ1v) is 16.3. The number of rotatable bonds is 10. The zero-order chi connectivity index (χ0) is 32.8. The van der Waals surface area contributed by atoms with E-state index in [9.17, 15) is 17.6 Å². The summed E-state index contributed by atoms with van der Waals surface area (Å²) in [6.45, 7) is 1.98. The molecule has 0 aliphatic carbocycles. The SMILES string of the molecule is COc1ccc(NS(=O)(=O)c2cc(NC(=O)/C=C/c3cn(-c4ccccc4)nc3-c3ccc(F)cc3)ccc2N2CCOCC2)cc1.[Cl-]. The maximum Gasteiger partial charge on any atom is 0.264 e. The fraction of sp³-hybridized carbons (Fsp3) is 0.143. The van der Waals surface area contributed by atoms with Crippen molar-refractivity contribution in [1.82, 2.24) is 9.78 Å². The molecular weight excluding hydrogens is 657 g/mol. The van der Waals surface area contributed by atoms with Crippen molar-refractivity contribution < 1.29 is 39.5 Å². The predicted octanol–water partition coefficient (Wildman–Crippen LogP) is 2.98. The molecule has 1 amide bonds. The van der Waals surface area contributed by atoms with Crippen molar-refractivity contribution in [3.05, 3.63) is 121 Å². The molecule has 1 fully saturated rings. The number of benzene rings is 4. The number of halogens is 2. The smallest absolute Gasteiger partial charge is 0.264 e. The molecule has 1 aliphatic rings. The highest BCUT2D eigenvalue weighted by atomic mass is 35.5. The number of nitrogens with zero attached hydrogens (tertiary/aromatic N) is 3. The van der Waals surface area contributed by atoms with E-state index in [0.29, 0.717) is 65.9 Å². The van der Waals surface area contributed by atoms with Crippen LogP contribution in [0, 0.1) is 5.82 Å². The lowest BCUT2D eigenvalue weighted by atomic mass is 10.1. The Hall–Kier alpha value is -5.17. The van der Waals surface area contributed by atoms with Gasteiger partial charge in [-0.3, -0.25) is 9.52 Å². The summed E-state index contributed by atoms with van der Waals surface area (Å²) < 4.78 is 56.1. The third-order valence-corrected chi connectivity index (χ3v) is 8.92. The van der Waals surface area contributed by atoms with E-state index >= 15 is 0 Å². The second-order valence-electron chi connectivity index (χ2n) is 10.7. The van der Waals surface area contributed by atoms with Crippen LogP contribution in [0.15, 0.2) is 114 Å². The summed E-state index contributed by atoms with van der Waals surface area (Å²) in [5.41, 5.74) is 3.85. The van der Waals surface area contributed by atoms with Crippen LogP contribution in [0.3, 0.4) is 0 Å². The number of methoxy groups -OCH3 is 1. The van der Waals surface area contributed by atoms with Crippen LogP contribution >= 0.6 is 0 Å². The number of para-hydroxylation sites is 1. The lowest BCUT2D eigenvalue weighted by molar-refractivity contribution is -0.111. The topological polar surface area (TPSA) is 115 Å². The van der Waals surface area contributed by atoms with E-state index < -0.39 is 15.9 Å². The molecule has 0 atom stereocenters. The zero-order valence-corrected chi connectivity index (χ0v) is 27.4. The molecule has 0 radical (unpaired) electrons. The van der Waals surface area contributed by atoms with E-state index in [0.717, 1.165) is 5.69 Å². The lowest BCUT2D eigenvalue weighted by Crippen LogP contribution is -3.00. The van der Waals surface area contributed by atoms with Gasteiger partial charge in [0.2, 0.25) is 5.91 Å². The number of sulfonamides is 1. The Kier molecular flexibility index (Phi) is 10.8. The average molecular weight is 689 g/mol. The number of amides is 1. The van der Waals surface area contributed by atoms with Crippen molar-refractivity contribution in [1.29, 1.82) is 0 Å². The van der Waals surface area contributed by atoms with Crippen molar-refractivity contribution in [2.24, 2.45) is 0 Å². The Labute approximate surface area is 284 Å². The summed E-state index contributed by atoms with van der Waals surface area (Å²) in [7, 11) is -2.54. The summed E-state index contributed by atoms with van der Waals surface area (Å²) in [5, 5.41) is 7.48. The molecule has 0 spiro atoms. The summed E-state index contributed by atoms with van der Waals surface area (Å²) in [4.78, 5) is 15.1. The molecule has 5 aromatic rings. The van der Waals surface area contributed by atoms with Crippen molar-refractivity contribution in [2.75, 3.05) is 48.4 Å². The number of anilines is 3. The van der Waals surface area contributed by atoms with Gasteiger partial charge in [0.15, 0.2) is 0 Å². The fourth-order valence-electron chi connectivity index (χ4n) is 5.15. The van der Waals surface area contributed by atoms with Gasteiger partial charge in [-0.05, 0) is 84.9 Å². The van der Waals surface area contributed by atoms with Crippen LogP contribution in [0.1, 0.15) is 5.56 Å². The molecular formula is C35H32ClFN5O5S-. The fourth-order valence-corrected chi connectivity index (χ4v) is 6.46. The maximum atomic E-state index is 13.7. The van der Waals surface area contributed by atoms with Crippen molar-refractivity contribution in [3.8, 4) is 22.7 Å². The van der Waals surface area contributed by atoms with E-state index in [4.69, 9.17) is 14.6 Å². The molecule has 1 aliphatic heterocycles. The first kappa shape index (κ1) is 34.2. The van der Waals surface area contributed by atoms with Crippen LogP contribution in [-0.2, 0) is 19.6 Å². The summed E-state index contributed by atoms with van der Waals surface area (Å²) in [6, 6.07) is 26.8. The van der Waals surface area contributed by atoms with Gasteiger partial charge in [-0.2, -0.15) is 5.10 Å². The van der Waals surface area contributed by atoms with E-state index in [1.807, 2.05) is 35.2 Å². The lowest BCUT2D eigenvalue weighted by Gasteiger charge is -2.30. The van der Waals surface area contributed by atoms with Gasteiger partial charge in [0.1, 0.15) is 16.5 Å². The number of aromatic nitrogens is 2. The molecule has 248 valence electrons. The Morgan fingerprint density at radius 2 is 1.62 bits per heavy atom. The third kappa shape index (κ3) is 8.03. The minimum atomic E-state index is -4.07. The van der Waals surface area contributed by atoms with Gasteiger partial charge < -0.3 is 32.1 Å². The van der Waals surface area contributed by atoms with Crippen molar-refractivity contribution in [3.63, 3.8) is 0 Å². The van der Waals surface area contributed by atoms with Crippen LogP contribution in [0.2, 0.25) is 0 Å². The molecule has 4 aromatic carbocycles. The molecule has 2 heterocycles. The van der Waals surface area contributed by atoms with Crippen molar-refractivity contribution in [2.45, 2.75) is 4.90 Å². The monoisotopic (exact) mass is 688 g/mol. The zero-order valence-electron chi connectivity index (χ0n) is 25.8. The van der Waals surface area contributed by atoms with Gasteiger partial charge in [0, 0.05) is 47.9 Å². The molecule has 0 bridgehead atoms. The molecule has 10 nitrogen and oxygen atoms in total. The third-order valence-electron chi connectivity index (χ3n) is 7.51. The quantitative estimate of drug-likeness (QED) is 0.217. The van der Waals surface area contributed by atoms with Crippen molar-refractivity contribution >= 4 is 39.1 Å². The number of carbonyl (C=O) groups is 1. The molecule has 13 heteroatoms. The molecule has 1 aromatic heterocycles.